The lowest BCUT2D eigenvalue weighted by molar-refractivity contribution is 0.148. The molecule has 196 valence electrons. The molecule has 0 saturated carbocycles. The minimum atomic E-state index is -0.611. The lowest BCUT2D eigenvalue weighted by Crippen LogP contribution is -2.43. The van der Waals surface area contributed by atoms with Crippen LogP contribution in [0.5, 0.6) is 0 Å². The molecule has 1 fully saturated rings. The van der Waals surface area contributed by atoms with Gasteiger partial charge in [0, 0.05) is 70.7 Å². The summed E-state index contributed by atoms with van der Waals surface area (Å²) in [5.74, 6) is -0.248. The molecule has 1 N–H and O–H groups in total. The average molecular weight is 509 g/mol. The van der Waals surface area contributed by atoms with E-state index in [4.69, 9.17) is 0 Å². The number of fused-ring (bicyclic) bond motifs is 1. The van der Waals surface area contributed by atoms with Crippen LogP contribution in [0, 0.1) is 11.6 Å². The molecular formula is C27H34F2N8. The average Bonchev–Trinajstić information content (AvgIpc) is 2.87. The third-order valence-corrected chi connectivity index (χ3v) is 7.12. The van der Waals surface area contributed by atoms with Crippen molar-refractivity contribution in [3.8, 4) is 11.3 Å². The molecule has 2 aliphatic rings. The van der Waals surface area contributed by atoms with Gasteiger partial charge < -0.3 is 20.0 Å². The van der Waals surface area contributed by atoms with Gasteiger partial charge in [0.25, 0.3) is 0 Å². The second-order valence-electron chi connectivity index (χ2n) is 10.2. The van der Waals surface area contributed by atoms with Crippen molar-refractivity contribution >= 4 is 23.1 Å². The summed E-state index contributed by atoms with van der Waals surface area (Å²) in [5.41, 5.74) is 2.81. The second-order valence-corrected chi connectivity index (χ2v) is 10.2. The number of hydrogen-bond acceptors (Lipinski definition) is 8. The first-order chi connectivity index (χ1) is 17.8. The van der Waals surface area contributed by atoms with Crippen LogP contribution >= 0.6 is 0 Å². The number of nitrogens with one attached hydrogen (secondary N) is 1. The van der Waals surface area contributed by atoms with Gasteiger partial charge in [-0.25, -0.2) is 23.7 Å². The monoisotopic (exact) mass is 508 g/mol. The smallest absolute Gasteiger partial charge is 0.229 e. The second kappa shape index (κ2) is 10.5. The fourth-order valence-electron chi connectivity index (χ4n) is 4.94. The topological polar surface area (TPSA) is 63.7 Å². The first-order valence-electron chi connectivity index (χ1n) is 12.8. The Morgan fingerprint density at radius 3 is 2.41 bits per heavy atom. The lowest BCUT2D eigenvalue weighted by Gasteiger charge is -2.39. The molecule has 0 unspecified atom stereocenters. The predicted octanol–water partition coefficient (Wildman–Crippen LogP) is 3.97. The van der Waals surface area contributed by atoms with Crippen LogP contribution in [0.4, 0.5) is 31.9 Å². The van der Waals surface area contributed by atoms with Crippen LogP contribution < -0.4 is 15.1 Å². The van der Waals surface area contributed by atoms with Gasteiger partial charge in [0.15, 0.2) is 5.82 Å². The summed E-state index contributed by atoms with van der Waals surface area (Å²) in [4.78, 5) is 21.7. The number of aromatic nitrogens is 3. The van der Waals surface area contributed by atoms with Gasteiger partial charge in [-0.2, -0.15) is 0 Å². The minimum Gasteiger partial charge on any atom is -0.369 e. The van der Waals surface area contributed by atoms with E-state index in [1.54, 1.807) is 0 Å². The first kappa shape index (κ1) is 25.3. The van der Waals surface area contributed by atoms with Crippen molar-refractivity contribution in [2.45, 2.75) is 26.4 Å². The Balaban J connectivity index is 1.36. The van der Waals surface area contributed by atoms with E-state index in [1.807, 2.05) is 36.3 Å². The highest BCUT2D eigenvalue weighted by Crippen LogP contribution is 2.39. The molecule has 4 heterocycles. The van der Waals surface area contributed by atoms with E-state index in [9.17, 15) is 4.39 Å². The predicted molar refractivity (Wildman–Crippen MR) is 143 cm³/mol. The number of likely N-dealkylation sites (N-methyl/N-ethyl adjacent to an activating group) is 2. The van der Waals surface area contributed by atoms with Gasteiger partial charge in [0.05, 0.1) is 17.6 Å². The van der Waals surface area contributed by atoms with Crippen molar-refractivity contribution in [3.63, 3.8) is 0 Å². The van der Waals surface area contributed by atoms with Gasteiger partial charge >= 0.3 is 0 Å². The maximum absolute atomic E-state index is 15.2. The number of pyridine rings is 1. The van der Waals surface area contributed by atoms with Crippen LogP contribution in [0.1, 0.15) is 19.4 Å². The minimum absolute atomic E-state index is 0.0443. The number of nitrogens with zero attached hydrogens (tertiary/aromatic N) is 7. The number of hydrogen-bond donors (Lipinski definition) is 1. The standard InChI is InChI=1S/C27H34F2N8/c1-18(2)37-12-9-35(4)26-21(28)13-20(14-23(26)37)25-22(29)16-31-27(33-25)32-24-6-5-19(15-30-24)17-36-10-7-34(3)8-11-36/h5-6,13-16,18H,7-12,17H2,1-4H3,(H,30,31,32,33). The molecule has 0 amide bonds. The highest BCUT2D eigenvalue weighted by molar-refractivity contribution is 5.80. The number of piperazine rings is 1. The van der Waals surface area contributed by atoms with E-state index in [-0.39, 0.29) is 17.7 Å². The number of benzene rings is 1. The van der Waals surface area contributed by atoms with Crippen molar-refractivity contribution in [1.82, 2.24) is 24.8 Å². The molecule has 8 nitrogen and oxygen atoms in total. The molecular weight excluding hydrogens is 474 g/mol. The zero-order valence-electron chi connectivity index (χ0n) is 21.9. The summed E-state index contributed by atoms with van der Waals surface area (Å²) < 4.78 is 30.1. The lowest BCUT2D eigenvalue weighted by atomic mass is 10.0. The van der Waals surface area contributed by atoms with E-state index in [0.29, 0.717) is 17.1 Å². The highest BCUT2D eigenvalue weighted by atomic mass is 19.1. The van der Waals surface area contributed by atoms with Crippen molar-refractivity contribution in [3.05, 3.63) is 53.9 Å². The molecule has 0 aliphatic carbocycles. The summed E-state index contributed by atoms with van der Waals surface area (Å²) in [7, 11) is 4.01. The molecule has 2 aromatic heterocycles. The molecule has 0 radical (unpaired) electrons. The molecule has 5 rings (SSSR count). The van der Waals surface area contributed by atoms with Crippen molar-refractivity contribution in [1.29, 1.82) is 0 Å². The SMILES string of the molecule is CC(C)N1CCN(C)c2c(F)cc(-c3nc(Nc4ccc(CN5CCN(C)CC5)cn4)ncc3F)cc21. The van der Waals surface area contributed by atoms with Gasteiger partial charge in [-0.15, -0.1) is 0 Å². The quantitative estimate of drug-likeness (QED) is 0.537. The highest BCUT2D eigenvalue weighted by Gasteiger charge is 2.27. The molecule has 0 atom stereocenters. The first-order valence-corrected chi connectivity index (χ1v) is 12.8. The molecule has 2 aliphatic heterocycles. The number of anilines is 4. The number of rotatable bonds is 6. The van der Waals surface area contributed by atoms with Crippen molar-refractivity contribution < 1.29 is 8.78 Å². The van der Waals surface area contributed by atoms with Gasteiger partial charge in [0.2, 0.25) is 5.95 Å². The molecule has 3 aromatic rings. The van der Waals surface area contributed by atoms with Gasteiger partial charge in [-0.1, -0.05) is 6.07 Å². The van der Waals surface area contributed by atoms with Crippen molar-refractivity contribution in [2.75, 3.05) is 68.5 Å². The Morgan fingerprint density at radius 2 is 1.70 bits per heavy atom. The molecule has 1 saturated heterocycles. The Morgan fingerprint density at radius 1 is 0.919 bits per heavy atom. The fraction of sp³-hybridized carbons (Fsp3) is 0.444. The van der Waals surface area contributed by atoms with Crippen LogP contribution in [0.3, 0.4) is 0 Å². The van der Waals surface area contributed by atoms with Crippen LogP contribution in [0.15, 0.2) is 36.7 Å². The maximum atomic E-state index is 15.2. The van der Waals surface area contributed by atoms with E-state index in [0.717, 1.165) is 63.3 Å². The fourth-order valence-corrected chi connectivity index (χ4v) is 4.94. The zero-order chi connectivity index (χ0) is 26.1. The summed E-state index contributed by atoms with van der Waals surface area (Å²) in [6.45, 7) is 10.7. The molecule has 0 bridgehead atoms. The van der Waals surface area contributed by atoms with E-state index >= 15 is 4.39 Å². The summed E-state index contributed by atoms with van der Waals surface area (Å²) in [6, 6.07) is 7.23. The maximum Gasteiger partial charge on any atom is 0.229 e. The summed E-state index contributed by atoms with van der Waals surface area (Å²) in [6.07, 6.45) is 2.94. The van der Waals surface area contributed by atoms with Crippen LogP contribution in [0.25, 0.3) is 11.3 Å². The normalized spacial score (nSPS) is 16.8. The Hall–Kier alpha value is -3.37. The van der Waals surface area contributed by atoms with Gasteiger partial charge in [-0.05, 0) is 44.7 Å². The Labute approximate surface area is 216 Å². The largest absolute Gasteiger partial charge is 0.369 e. The van der Waals surface area contributed by atoms with E-state index < -0.39 is 11.6 Å². The summed E-state index contributed by atoms with van der Waals surface area (Å²) >= 11 is 0. The van der Waals surface area contributed by atoms with Gasteiger partial charge in [0.1, 0.15) is 17.3 Å². The summed E-state index contributed by atoms with van der Waals surface area (Å²) in [5, 5.41) is 3.06. The number of halogens is 2. The van der Waals surface area contributed by atoms with Crippen LogP contribution in [0.2, 0.25) is 0 Å². The Kier molecular flexibility index (Phi) is 7.21. The molecule has 1 aromatic carbocycles. The molecule has 37 heavy (non-hydrogen) atoms. The van der Waals surface area contributed by atoms with Crippen LogP contribution in [-0.4, -0.2) is 84.2 Å². The third kappa shape index (κ3) is 5.50. The zero-order valence-corrected chi connectivity index (χ0v) is 21.9. The molecule has 10 heteroatoms. The molecule has 0 spiro atoms. The van der Waals surface area contributed by atoms with Gasteiger partial charge in [-0.3, -0.25) is 4.90 Å². The third-order valence-electron chi connectivity index (χ3n) is 7.12. The van der Waals surface area contributed by atoms with E-state index in [1.165, 1.54) is 6.07 Å². The Bertz CT molecular complexity index is 1240. The van der Waals surface area contributed by atoms with E-state index in [2.05, 4.69) is 55.9 Å². The van der Waals surface area contributed by atoms with Crippen molar-refractivity contribution in [2.24, 2.45) is 0 Å². The van der Waals surface area contributed by atoms with Crippen LogP contribution in [-0.2, 0) is 6.54 Å².